The zero-order valence-corrected chi connectivity index (χ0v) is 14.3. The van der Waals surface area contributed by atoms with Gasteiger partial charge in [0.25, 0.3) is 0 Å². The Morgan fingerprint density at radius 3 is 2.71 bits per heavy atom. The van der Waals surface area contributed by atoms with Gasteiger partial charge in [0.1, 0.15) is 0 Å². The minimum atomic E-state index is -3.16. The lowest BCUT2D eigenvalue weighted by Crippen LogP contribution is -2.43. The maximum atomic E-state index is 12.1. The molecule has 2 heterocycles. The highest BCUT2D eigenvalue weighted by Gasteiger charge is 2.36. The van der Waals surface area contributed by atoms with E-state index >= 15 is 0 Å². The van der Waals surface area contributed by atoms with Gasteiger partial charge in [-0.3, -0.25) is 9.58 Å². The van der Waals surface area contributed by atoms with E-state index in [1.54, 1.807) is 6.20 Å². The number of fused-ring (bicyclic) bond motifs is 1. The Bertz CT molecular complexity index is 799. The zero-order chi connectivity index (χ0) is 16.6. The minimum absolute atomic E-state index is 0.0287. The van der Waals surface area contributed by atoms with Gasteiger partial charge in [-0.05, 0) is 24.5 Å². The normalized spacial score (nSPS) is 21.6. The summed E-state index contributed by atoms with van der Waals surface area (Å²) in [7, 11) is -3.16. The number of aromatic nitrogens is 2. The molecular formula is C17H22N4O2S. The van der Waals surface area contributed by atoms with Crippen molar-refractivity contribution in [1.29, 1.82) is 0 Å². The van der Waals surface area contributed by atoms with Gasteiger partial charge in [-0.1, -0.05) is 30.3 Å². The van der Waals surface area contributed by atoms with Crippen LogP contribution in [0.25, 0.3) is 0 Å². The van der Waals surface area contributed by atoms with Crippen LogP contribution < -0.4 is 4.72 Å². The Morgan fingerprint density at radius 1 is 1.17 bits per heavy atom. The van der Waals surface area contributed by atoms with E-state index in [9.17, 15) is 8.42 Å². The van der Waals surface area contributed by atoms with Gasteiger partial charge in [0.2, 0.25) is 10.0 Å². The average molecular weight is 346 g/mol. The van der Waals surface area contributed by atoms with Crippen LogP contribution >= 0.6 is 0 Å². The zero-order valence-electron chi connectivity index (χ0n) is 13.5. The molecule has 1 atom stereocenters. The molecule has 2 aliphatic rings. The first-order valence-corrected chi connectivity index (χ1v) is 9.93. The summed E-state index contributed by atoms with van der Waals surface area (Å²) >= 11 is 0. The maximum Gasteiger partial charge on any atom is 0.214 e. The molecule has 2 aromatic rings. The predicted molar refractivity (Wildman–Crippen MR) is 91.8 cm³/mol. The summed E-state index contributed by atoms with van der Waals surface area (Å²) in [6, 6.07) is 12.4. The molecule has 128 valence electrons. The summed E-state index contributed by atoms with van der Waals surface area (Å²) in [6.45, 7) is 2.88. The molecule has 6 nitrogen and oxygen atoms in total. The van der Waals surface area contributed by atoms with Crippen LogP contribution in [0.5, 0.6) is 0 Å². The molecule has 1 aromatic carbocycles. The Labute approximate surface area is 142 Å². The van der Waals surface area contributed by atoms with Crippen molar-refractivity contribution in [3.63, 3.8) is 0 Å². The molecule has 1 N–H and O–H groups in total. The van der Waals surface area contributed by atoms with Crippen molar-refractivity contribution < 1.29 is 8.42 Å². The number of nitrogens with zero attached hydrogens (tertiary/aromatic N) is 3. The lowest BCUT2D eigenvalue weighted by atomic mass is 10.1. The molecule has 1 saturated carbocycles. The average Bonchev–Trinajstić information content (AvgIpc) is 3.34. The van der Waals surface area contributed by atoms with E-state index < -0.39 is 10.0 Å². The molecule has 7 heteroatoms. The molecule has 0 bridgehead atoms. The first-order chi connectivity index (χ1) is 11.6. The third kappa shape index (κ3) is 3.38. The highest BCUT2D eigenvalue weighted by molar-refractivity contribution is 7.90. The SMILES string of the molecule is O=S(=O)(NC[C@H]1CN(Cc2ccccc2)Cc2ccnn21)C1CC1. The van der Waals surface area contributed by atoms with Crippen LogP contribution in [0.2, 0.25) is 0 Å². The van der Waals surface area contributed by atoms with Crippen LogP contribution in [-0.4, -0.2) is 41.4 Å². The fraction of sp³-hybridized carbons (Fsp3) is 0.471. The number of hydrogen-bond acceptors (Lipinski definition) is 4. The third-order valence-electron chi connectivity index (χ3n) is 4.69. The number of hydrogen-bond donors (Lipinski definition) is 1. The van der Waals surface area contributed by atoms with E-state index in [-0.39, 0.29) is 11.3 Å². The van der Waals surface area contributed by atoms with Crippen molar-refractivity contribution in [2.24, 2.45) is 0 Å². The highest BCUT2D eigenvalue weighted by atomic mass is 32.2. The van der Waals surface area contributed by atoms with Crippen LogP contribution in [0.3, 0.4) is 0 Å². The lowest BCUT2D eigenvalue weighted by Gasteiger charge is -2.34. The Hall–Kier alpha value is -1.70. The van der Waals surface area contributed by atoms with Gasteiger partial charge in [-0.2, -0.15) is 5.10 Å². The van der Waals surface area contributed by atoms with Crippen LogP contribution in [0.4, 0.5) is 0 Å². The van der Waals surface area contributed by atoms with E-state index in [0.717, 1.165) is 38.2 Å². The molecule has 1 aromatic heterocycles. The van der Waals surface area contributed by atoms with Gasteiger partial charge in [-0.15, -0.1) is 0 Å². The molecule has 24 heavy (non-hydrogen) atoms. The van der Waals surface area contributed by atoms with E-state index in [0.29, 0.717) is 6.54 Å². The molecule has 0 saturated heterocycles. The number of benzene rings is 1. The summed E-state index contributed by atoms with van der Waals surface area (Å²) in [5, 5.41) is 4.21. The van der Waals surface area contributed by atoms with Crippen molar-refractivity contribution >= 4 is 10.0 Å². The van der Waals surface area contributed by atoms with E-state index in [1.165, 1.54) is 5.56 Å². The van der Waals surface area contributed by atoms with Gasteiger partial charge in [0, 0.05) is 32.4 Å². The highest BCUT2D eigenvalue weighted by Crippen LogP contribution is 2.28. The monoisotopic (exact) mass is 346 g/mol. The van der Waals surface area contributed by atoms with E-state index in [2.05, 4.69) is 26.9 Å². The van der Waals surface area contributed by atoms with Crippen molar-refractivity contribution in [1.82, 2.24) is 19.4 Å². The molecular weight excluding hydrogens is 324 g/mol. The Kier molecular flexibility index (Phi) is 4.15. The van der Waals surface area contributed by atoms with Crippen LogP contribution in [0, 0.1) is 0 Å². The summed E-state index contributed by atoms with van der Waals surface area (Å²) in [4.78, 5) is 2.35. The molecule has 0 unspecified atom stereocenters. The first-order valence-electron chi connectivity index (χ1n) is 8.39. The van der Waals surface area contributed by atoms with Crippen LogP contribution in [0.15, 0.2) is 42.6 Å². The van der Waals surface area contributed by atoms with Gasteiger partial charge in [0.15, 0.2) is 0 Å². The van der Waals surface area contributed by atoms with Gasteiger partial charge in [-0.25, -0.2) is 13.1 Å². The topological polar surface area (TPSA) is 67.2 Å². The summed E-state index contributed by atoms with van der Waals surface area (Å²) in [5.74, 6) is 0. The summed E-state index contributed by atoms with van der Waals surface area (Å²) < 4.78 is 29.0. The van der Waals surface area contributed by atoms with Gasteiger partial charge in [0.05, 0.1) is 17.0 Å². The van der Waals surface area contributed by atoms with E-state index in [4.69, 9.17) is 0 Å². The summed E-state index contributed by atoms with van der Waals surface area (Å²) in [6.07, 6.45) is 3.37. The van der Waals surface area contributed by atoms with Crippen molar-refractivity contribution in [2.75, 3.05) is 13.1 Å². The Morgan fingerprint density at radius 2 is 1.96 bits per heavy atom. The quantitative estimate of drug-likeness (QED) is 0.861. The Balaban J connectivity index is 1.47. The number of nitrogens with one attached hydrogen (secondary N) is 1. The van der Waals surface area contributed by atoms with Gasteiger partial charge >= 0.3 is 0 Å². The van der Waals surface area contributed by atoms with Crippen molar-refractivity contribution in [2.45, 2.75) is 37.2 Å². The molecule has 1 aliphatic carbocycles. The number of rotatable bonds is 6. The fourth-order valence-corrected chi connectivity index (χ4v) is 4.70. The second-order valence-electron chi connectivity index (χ2n) is 6.67. The van der Waals surface area contributed by atoms with Crippen LogP contribution in [0.1, 0.15) is 30.1 Å². The molecule has 0 spiro atoms. The molecule has 4 rings (SSSR count). The minimum Gasteiger partial charge on any atom is -0.291 e. The first kappa shape index (κ1) is 15.8. The van der Waals surface area contributed by atoms with Crippen molar-refractivity contribution in [3.8, 4) is 0 Å². The van der Waals surface area contributed by atoms with Crippen molar-refractivity contribution in [3.05, 3.63) is 53.9 Å². The predicted octanol–water partition coefficient (Wildman–Crippen LogP) is 1.52. The number of sulfonamides is 1. The smallest absolute Gasteiger partial charge is 0.214 e. The van der Waals surface area contributed by atoms with Gasteiger partial charge < -0.3 is 0 Å². The third-order valence-corrected chi connectivity index (χ3v) is 6.60. The lowest BCUT2D eigenvalue weighted by molar-refractivity contribution is 0.168. The van der Waals surface area contributed by atoms with E-state index in [1.807, 2.05) is 28.9 Å². The molecule has 0 amide bonds. The second-order valence-corrected chi connectivity index (χ2v) is 8.71. The fourth-order valence-electron chi connectivity index (χ4n) is 3.29. The molecule has 1 fully saturated rings. The second kappa shape index (κ2) is 6.31. The van der Waals surface area contributed by atoms with Crippen LogP contribution in [-0.2, 0) is 23.1 Å². The maximum absolute atomic E-state index is 12.1. The molecule has 1 aliphatic heterocycles. The molecule has 0 radical (unpaired) electrons. The largest absolute Gasteiger partial charge is 0.291 e. The standard InChI is InChI=1S/C17H22N4O2S/c22-24(23,17-6-7-17)19-10-16-13-20(11-14-4-2-1-3-5-14)12-15-8-9-18-21(15)16/h1-5,8-9,16-17,19H,6-7,10-13H2/t16-/m0/s1. The summed E-state index contributed by atoms with van der Waals surface area (Å²) in [5.41, 5.74) is 2.40.